The molecule has 0 aromatic carbocycles. The van der Waals surface area contributed by atoms with E-state index in [1.54, 1.807) is 6.92 Å². The Balaban J connectivity index is 1.93. The summed E-state index contributed by atoms with van der Waals surface area (Å²) in [4.78, 5) is 26.7. The van der Waals surface area contributed by atoms with Gasteiger partial charge in [-0.15, -0.1) is 0 Å². The third-order valence-corrected chi connectivity index (χ3v) is 4.49. The second kappa shape index (κ2) is 6.43. The van der Waals surface area contributed by atoms with Crippen molar-refractivity contribution < 1.29 is 9.90 Å². The molecule has 3 N–H and O–H groups in total. The van der Waals surface area contributed by atoms with Crippen LogP contribution in [0.15, 0.2) is 17.1 Å². The summed E-state index contributed by atoms with van der Waals surface area (Å²) >= 11 is 0. The molecule has 116 valence electrons. The normalized spacial score (nSPS) is 25.6. The van der Waals surface area contributed by atoms with Crippen LogP contribution in [0.5, 0.6) is 0 Å². The Bertz CT molecular complexity index is 557. The Morgan fingerprint density at radius 1 is 1.48 bits per heavy atom. The van der Waals surface area contributed by atoms with Crippen LogP contribution in [0.3, 0.4) is 0 Å². The van der Waals surface area contributed by atoms with Crippen LogP contribution in [-0.4, -0.2) is 28.1 Å². The molecule has 0 unspecified atom stereocenters. The minimum atomic E-state index is -0.835. The molecule has 1 aromatic heterocycles. The van der Waals surface area contributed by atoms with E-state index in [1.165, 1.54) is 12.3 Å². The summed E-state index contributed by atoms with van der Waals surface area (Å²) in [5, 5.41) is 13.2. The number of carbonyl (C=O) groups excluding carboxylic acids is 1. The molecular formula is C16H24N2O3. The number of pyridine rings is 1. The van der Waals surface area contributed by atoms with Crippen LogP contribution in [0, 0.1) is 12.8 Å². The van der Waals surface area contributed by atoms with E-state index < -0.39 is 11.5 Å². The molecular weight excluding hydrogens is 268 g/mol. The molecule has 0 aliphatic heterocycles. The fourth-order valence-electron chi connectivity index (χ4n) is 2.89. The molecule has 0 bridgehead atoms. The Morgan fingerprint density at radius 2 is 2.14 bits per heavy atom. The zero-order valence-corrected chi connectivity index (χ0v) is 12.7. The first-order chi connectivity index (χ1) is 9.93. The number of aliphatic hydroxyl groups is 1. The third-order valence-electron chi connectivity index (χ3n) is 4.49. The summed E-state index contributed by atoms with van der Waals surface area (Å²) in [6.07, 6.45) is 5.96. The van der Waals surface area contributed by atoms with E-state index in [0.29, 0.717) is 24.5 Å². The van der Waals surface area contributed by atoms with Crippen molar-refractivity contribution in [2.75, 3.05) is 6.54 Å². The van der Waals surface area contributed by atoms with E-state index in [0.717, 1.165) is 19.3 Å². The molecule has 1 amide bonds. The summed E-state index contributed by atoms with van der Waals surface area (Å²) in [7, 11) is 0. The van der Waals surface area contributed by atoms with Crippen LogP contribution in [0.25, 0.3) is 0 Å². The molecule has 1 aromatic rings. The van der Waals surface area contributed by atoms with Crippen molar-refractivity contribution in [3.05, 3.63) is 33.7 Å². The number of hydrogen-bond acceptors (Lipinski definition) is 3. The maximum Gasteiger partial charge on any atom is 0.256 e. The molecule has 0 spiro atoms. The molecule has 5 nitrogen and oxygen atoms in total. The maximum absolute atomic E-state index is 12.0. The van der Waals surface area contributed by atoms with Crippen molar-refractivity contribution in [2.45, 2.75) is 51.6 Å². The number of aromatic nitrogens is 1. The van der Waals surface area contributed by atoms with E-state index >= 15 is 0 Å². The third kappa shape index (κ3) is 3.94. The average molecular weight is 292 g/mol. The SMILES string of the molecule is CCC1CCC(O)(CNC(=O)c2c[nH]c(C)cc2=O)CC1. The lowest BCUT2D eigenvalue weighted by atomic mass is 9.78. The van der Waals surface area contributed by atoms with E-state index in [-0.39, 0.29) is 17.5 Å². The van der Waals surface area contributed by atoms with Crippen LogP contribution >= 0.6 is 0 Å². The van der Waals surface area contributed by atoms with Gasteiger partial charge in [0.1, 0.15) is 5.56 Å². The van der Waals surface area contributed by atoms with Gasteiger partial charge in [0.2, 0.25) is 0 Å². The highest BCUT2D eigenvalue weighted by Gasteiger charge is 2.33. The molecule has 1 saturated carbocycles. The quantitative estimate of drug-likeness (QED) is 0.790. The number of carbonyl (C=O) groups is 1. The van der Waals surface area contributed by atoms with Gasteiger partial charge in [0.05, 0.1) is 5.60 Å². The van der Waals surface area contributed by atoms with Gasteiger partial charge in [-0.05, 0) is 38.5 Å². The lowest BCUT2D eigenvalue weighted by Crippen LogP contribution is -2.46. The van der Waals surface area contributed by atoms with Gasteiger partial charge in [-0.1, -0.05) is 13.3 Å². The fourth-order valence-corrected chi connectivity index (χ4v) is 2.89. The smallest absolute Gasteiger partial charge is 0.256 e. The van der Waals surface area contributed by atoms with Crippen molar-refractivity contribution >= 4 is 5.91 Å². The molecule has 1 heterocycles. The first-order valence-electron chi connectivity index (χ1n) is 7.63. The summed E-state index contributed by atoms with van der Waals surface area (Å²) in [6.45, 7) is 4.13. The highest BCUT2D eigenvalue weighted by Crippen LogP contribution is 2.33. The molecule has 1 aliphatic rings. The molecule has 1 aliphatic carbocycles. The lowest BCUT2D eigenvalue weighted by molar-refractivity contribution is -0.00787. The number of H-pyrrole nitrogens is 1. The standard InChI is InChI=1S/C16H24N2O3/c1-3-12-4-6-16(21,7-5-12)10-18-15(20)13-9-17-11(2)8-14(13)19/h8-9,12,21H,3-7,10H2,1-2H3,(H,17,19)(H,18,20). The number of aromatic amines is 1. The van der Waals surface area contributed by atoms with Gasteiger partial charge in [0, 0.05) is 24.5 Å². The number of hydrogen-bond donors (Lipinski definition) is 3. The fraction of sp³-hybridized carbons (Fsp3) is 0.625. The van der Waals surface area contributed by atoms with Gasteiger partial charge in [0.15, 0.2) is 5.43 Å². The van der Waals surface area contributed by atoms with Crippen LogP contribution in [0.2, 0.25) is 0 Å². The topological polar surface area (TPSA) is 82.2 Å². The van der Waals surface area contributed by atoms with E-state index in [2.05, 4.69) is 17.2 Å². The first kappa shape index (κ1) is 15.8. The van der Waals surface area contributed by atoms with Crippen molar-refractivity contribution in [3.8, 4) is 0 Å². The van der Waals surface area contributed by atoms with E-state index in [4.69, 9.17) is 0 Å². The predicted molar refractivity (Wildman–Crippen MR) is 81.3 cm³/mol. The van der Waals surface area contributed by atoms with Crippen molar-refractivity contribution in [1.29, 1.82) is 0 Å². The zero-order valence-electron chi connectivity index (χ0n) is 12.7. The van der Waals surface area contributed by atoms with Crippen LogP contribution in [-0.2, 0) is 0 Å². The van der Waals surface area contributed by atoms with Crippen molar-refractivity contribution in [2.24, 2.45) is 5.92 Å². The van der Waals surface area contributed by atoms with Gasteiger partial charge in [0.25, 0.3) is 5.91 Å². The largest absolute Gasteiger partial charge is 0.388 e. The Morgan fingerprint density at radius 3 is 2.71 bits per heavy atom. The molecule has 1 fully saturated rings. The van der Waals surface area contributed by atoms with Crippen LogP contribution in [0.4, 0.5) is 0 Å². The number of aryl methyl sites for hydroxylation is 1. The van der Waals surface area contributed by atoms with Gasteiger partial charge < -0.3 is 15.4 Å². The van der Waals surface area contributed by atoms with Crippen LogP contribution < -0.4 is 10.7 Å². The Hall–Kier alpha value is -1.62. The summed E-state index contributed by atoms with van der Waals surface area (Å²) in [5.74, 6) is 0.253. The summed E-state index contributed by atoms with van der Waals surface area (Å²) in [5.41, 5.74) is -0.330. The highest BCUT2D eigenvalue weighted by atomic mass is 16.3. The van der Waals surface area contributed by atoms with Crippen molar-refractivity contribution in [1.82, 2.24) is 10.3 Å². The van der Waals surface area contributed by atoms with Crippen molar-refractivity contribution in [3.63, 3.8) is 0 Å². The second-order valence-electron chi connectivity index (χ2n) is 6.15. The minimum absolute atomic E-state index is 0.0893. The van der Waals surface area contributed by atoms with Gasteiger partial charge in [-0.25, -0.2) is 0 Å². The predicted octanol–water partition coefficient (Wildman–Crippen LogP) is 1.74. The maximum atomic E-state index is 12.0. The molecule has 0 saturated heterocycles. The van der Waals surface area contributed by atoms with Gasteiger partial charge in [-0.2, -0.15) is 0 Å². The number of nitrogens with one attached hydrogen (secondary N) is 2. The van der Waals surface area contributed by atoms with Gasteiger partial charge in [-0.3, -0.25) is 9.59 Å². The molecule has 0 atom stereocenters. The second-order valence-corrected chi connectivity index (χ2v) is 6.15. The zero-order chi connectivity index (χ0) is 15.5. The molecule has 21 heavy (non-hydrogen) atoms. The minimum Gasteiger partial charge on any atom is -0.388 e. The summed E-state index contributed by atoms with van der Waals surface area (Å²) in [6, 6.07) is 1.40. The monoisotopic (exact) mass is 292 g/mol. The molecule has 2 rings (SSSR count). The Labute approximate surface area is 124 Å². The molecule has 5 heteroatoms. The number of amides is 1. The number of rotatable bonds is 4. The van der Waals surface area contributed by atoms with Crippen LogP contribution in [0.1, 0.15) is 55.1 Å². The van der Waals surface area contributed by atoms with E-state index in [9.17, 15) is 14.7 Å². The molecule has 0 radical (unpaired) electrons. The van der Waals surface area contributed by atoms with Gasteiger partial charge >= 0.3 is 0 Å². The Kier molecular flexibility index (Phi) is 4.83. The lowest BCUT2D eigenvalue weighted by Gasteiger charge is -2.35. The highest BCUT2D eigenvalue weighted by molar-refractivity contribution is 5.93. The van der Waals surface area contributed by atoms with E-state index in [1.807, 2.05) is 0 Å². The summed E-state index contributed by atoms with van der Waals surface area (Å²) < 4.78 is 0. The average Bonchev–Trinajstić information content (AvgIpc) is 2.46. The first-order valence-corrected chi connectivity index (χ1v) is 7.63.